The molecule has 2 rings (SSSR count). The van der Waals surface area contributed by atoms with E-state index in [1.165, 1.54) is 0 Å². The molecule has 1 aromatic rings. The summed E-state index contributed by atoms with van der Waals surface area (Å²) in [6.45, 7) is 2.56. The Balaban J connectivity index is 2.20. The molecular weight excluding hydrogens is 312 g/mol. The molecule has 1 fully saturated rings. The highest BCUT2D eigenvalue weighted by Gasteiger charge is 2.45. The highest BCUT2D eigenvalue weighted by atomic mass is 79.9. The number of hydrogen-bond acceptors (Lipinski definition) is 3. The maximum absolute atomic E-state index is 12.3. The van der Waals surface area contributed by atoms with Gasteiger partial charge in [0.05, 0.1) is 5.41 Å². The number of aromatic nitrogens is 1. The lowest BCUT2D eigenvalue weighted by molar-refractivity contribution is -0.148. The zero-order valence-corrected chi connectivity index (χ0v) is 12.2. The molecule has 102 valence electrons. The minimum Gasteiger partial charge on any atom is -0.481 e. The molecule has 0 aromatic carbocycles. The average molecular weight is 327 g/mol. The van der Waals surface area contributed by atoms with Crippen LogP contribution in [0.4, 0.5) is 0 Å². The first-order valence-electron chi connectivity index (χ1n) is 6.13. The van der Waals surface area contributed by atoms with Gasteiger partial charge in [-0.05, 0) is 40.9 Å². The van der Waals surface area contributed by atoms with Gasteiger partial charge in [0.1, 0.15) is 5.69 Å². The minimum absolute atomic E-state index is 0.218. The summed E-state index contributed by atoms with van der Waals surface area (Å²) in [6, 6.07) is 3.49. The van der Waals surface area contributed by atoms with E-state index in [1.807, 2.05) is 6.92 Å². The monoisotopic (exact) mass is 326 g/mol. The molecule has 1 N–H and O–H groups in total. The molecule has 5 nitrogen and oxygen atoms in total. The minimum atomic E-state index is -0.828. The van der Waals surface area contributed by atoms with E-state index in [0.29, 0.717) is 29.6 Å². The predicted octanol–water partition coefficient (Wildman–Crippen LogP) is 2.17. The molecule has 0 bridgehead atoms. The van der Waals surface area contributed by atoms with Gasteiger partial charge in [0.2, 0.25) is 0 Å². The Morgan fingerprint density at radius 2 is 2.32 bits per heavy atom. The van der Waals surface area contributed by atoms with Gasteiger partial charge in [-0.25, -0.2) is 4.98 Å². The summed E-state index contributed by atoms with van der Waals surface area (Å²) in [5, 5.41) is 9.33. The zero-order chi connectivity index (χ0) is 14.0. The predicted molar refractivity (Wildman–Crippen MR) is 72.8 cm³/mol. The van der Waals surface area contributed by atoms with Crippen molar-refractivity contribution in [2.45, 2.75) is 19.8 Å². The van der Waals surface area contributed by atoms with Gasteiger partial charge >= 0.3 is 5.97 Å². The summed E-state index contributed by atoms with van der Waals surface area (Å²) in [5.74, 6) is -1.05. The summed E-state index contributed by atoms with van der Waals surface area (Å²) in [5.41, 5.74) is -0.475. The van der Waals surface area contributed by atoms with Crippen LogP contribution in [-0.2, 0) is 4.79 Å². The van der Waals surface area contributed by atoms with Crippen molar-refractivity contribution in [2.24, 2.45) is 5.41 Å². The van der Waals surface area contributed by atoms with E-state index < -0.39 is 11.4 Å². The van der Waals surface area contributed by atoms with Crippen LogP contribution in [0.5, 0.6) is 0 Å². The van der Waals surface area contributed by atoms with Crippen molar-refractivity contribution in [1.29, 1.82) is 0 Å². The molecule has 1 amide bonds. The third-order valence-corrected chi connectivity index (χ3v) is 4.37. The SMILES string of the molecule is CCC1(C(=O)O)CCN(C(=O)c2ncccc2Br)C1. The quantitative estimate of drug-likeness (QED) is 0.924. The van der Waals surface area contributed by atoms with Crippen LogP contribution in [0.2, 0.25) is 0 Å². The Morgan fingerprint density at radius 1 is 1.58 bits per heavy atom. The van der Waals surface area contributed by atoms with Gasteiger partial charge in [-0.3, -0.25) is 9.59 Å². The summed E-state index contributed by atoms with van der Waals surface area (Å²) < 4.78 is 0.629. The molecule has 6 heteroatoms. The third-order valence-electron chi connectivity index (χ3n) is 3.73. The van der Waals surface area contributed by atoms with E-state index in [1.54, 1.807) is 23.2 Å². The second-order valence-corrected chi connectivity index (χ2v) is 5.60. The van der Waals surface area contributed by atoms with Crippen molar-refractivity contribution in [1.82, 2.24) is 9.88 Å². The lowest BCUT2D eigenvalue weighted by Gasteiger charge is -2.23. The molecule has 1 aliphatic heterocycles. The largest absolute Gasteiger partial charge is 0.481 e. The highest BCUT2D eigenvalue weighted by molar-refractivity contribution is 9.10. The first-order chi connectivity index (χ1) is 9.00. The Labute approximate surface area is 119 Å². The number of halogens is 1. The van der Waals surface area contributed by atoms with E-state index in [9.17, 15) is 14.7 Å². The van der Waals surface area contributed by atoms with Crippen molar-refractivity contribution < 1.29 is 14.7 Å². The van der Waals surface area contributed by atoms with Crippen molar-refractivity contribution in [3.8, 4) is 0 Å². The summed E-state index contributed by atoms with van der Waals surface area (Å²) >= 11 is 3.29. The van der Waals surface area contributed by atoms with Crippen LogP contribution in [0.15, 0.2) is 22.8 Å². The van der Waals surface area contributed by atoms with E-state index in [4.69, 9.17) is 0 Å². The summed E-state index contributed by atoms with van der Waals surface area (Å²) in [6.07, 6.45) is 2.57. The number of hydrogen-bond donors (Lipinski definition) is 1. The van der Waals surface area contributed by atoms with Gasteiger partial charge in [-0.15, -0.1) is 0 Å². The van der Waals surface area contributed by atoms with Crippen molar-refractivity contribution in [3.63, 3.8) is 0 Å². The maximum Gasteiger partial charge on any atom is 0.311 e. The number of carbonyl (C=O) groups excluding carboxylic acids is 1. The van der Waals surface area contributed by atoms with Crippen LogP contribution in [0.1, 0.15) is 30.3 Å². The lowest BCUT2D eigenvalue weighted by atomic mass is 9.84. The number of likely N-dealkylation sites (tertiary alicyclic amines) is 1. The van der Waals surface area contributed by atoms with Crippen molar-refractivity contribution >= 4 is 27.8 Å². The number of carbonyl (C=O) groups is 2. The number of pyridine rings is 1. The molecule has 1 unspecified atom stereocenters. The van der Waals surface area contributed by atoms with Gasteiger partial charge in [-0.2, -0.15) is 0 Å². The van der Waals surface area contributed by atoms with Crippen LogP contribution in [-0.4, -0.2) is 40.0 Å². The topological polar surface area (TPSA) is 70.5 Å². The fourth-order valence-electron chi connectivity index (χ4n) is 2.35. The molecule has 2 heterocycles. The average Bonchev–Trinajstić information content (AvgIpc) is 2.84. The molecule has 0 saturated carbocycles. The molecule has 1 atom stereocenters. The smallest absolute Gasteiger partial charge is 0.311 e. The first kappa shape index (κ1) is 14.0. The van der Waals surface area contributed by atoms with E-state index in [-0.39, 0.29) is 12.5 Å². The number of rotatable bonds is 3. The summed E-state index contributed by atoms with van der Waals surface area (Å²) in [7, 11) is 0. The molecule has 1 aliphatic rings. The molecule has 0 aliphatic carbocycles. The third kappa shape index (κ3) is 2.49. The number of aliphatic carboxylic acids is 1. The molecule has 0 spiro atoms. The number of carboxylic acids is 1. The van der Waals surface area contributed by atoms with Gasteiger partial charge in [0, 0.05) is 23.8 Å². The van der Waals surface area contributed by atoms with E-state index in [2.05, 4.69) is 20.9 Å². The Bertz CT molecular complexity index is 520. The molecule has 0 radical (unpaired) electrons. The van der Waals surface area contributed by atoms with Gasteiger partial charge in [-0.1, -0.05) is 6.92 Å². The second-order valence-electron chi connectivity index (χ2n) is 4.75. The van der Waals surface area contributed by atoms with Crippen LogP contribution in [0.3, 0.4) is 0 Å². The number of nitrogens with zero attached hydrogens (tertiary/aromatic N) is 2. The van der Waals surface area contributed by atoms with Crippen LogP contribution < -0.4 is 0 Å². The van der Waals surface area contributed by atoms with Crippen LogP contribution in [0, 0.1) is 5.41 Å². The highest BCUT2D eigenvalue weighted by Crippen LogP contribution is 2.35. The lowest BCUT2D eigenvalue weighted by Crippen LogP contribution is -2.36. The Kier molecular flexibility index (Phi) is 3.89. The fraction of sp³-hybridized carbons (Fsp3) is 0.462. The molecular formula is C13H15BrN2O3. The van der Waals surface area contributed by atoms with Crippen LogP contribution >= 0.6 is 15.9 Å². The van der Waals surface area contributed by atoms with E-state index >= 15 is 0 Å². The first-order valence-corrected chi connectivity index (χ1v) is 6.92. The Hall–Kier alpha value is -1.43. The number of amides is 1. The van der Waals surface area contributed by atoms with Crippen molar-refractivity contribution in [2.75, 3.05) is 13.1 Å². The molecule has 1 saturated heterocycles. The zero-order valence-electron chi connectivity index (χ0n) is 10.6. The van der Waals surface area contributed by atoms with Gasteiger partial charge in [0.15, 0.2) is 0 Å². The Morgan fingerprint density at radius 3 is 2.84 bits per heavy atom. The fourth-order valence-corrected chi connectivity index (χ4v) is 2.78. The van der Waals surface area contributed by atoms with Gasteiger partial charge in [0.25, 0.3) is 5.91 Å². The normalized spacial score (nSPS) is 22.5. The standard InChI is InChI=1S/C13H15BrN2O3/c1-2-13(12(18)19)5-7-16(8-13)11(17)10-9(14)4-3-6-15-10/h3-4,6H,2,5,7-8H2,1H3,(H,18,19). The molecule has 19 heavy (non-hydrogen) atoms. The maximum atomic E-state index is 12.3. The van der Waals surface area contributed by atoms with E-state index in [0.717, 1.165) is 0 Å². The molecule has 1 aromatic heterocycles. The summed E-state index contributed by atoms with van der Waals surface area (Å²) in [4.78, 5) is 29.3. The van der Waals surface area contributed by atoms with Crippen molar-refractivity contribution in [3.05, 3.63) is 28.5 Å². The van der Waals surface area contributed by atoms with Crippen LogP contribution in [0.25, 0.3) is 0 Å². The van der Waals surface area contributed by atoms with Gasteiger partial charge < -0.3 is 10.0 Å². The second kappa shape index (κ2) is 5.28. The number of carboxylic acid groups (broad SMARTS) is 1.